The van der Waals surface area contributed by atoms with E-state index in [1.165, 1.54) is 0 Å². The summed E-state index contributed by atoms with van der Waals surface area (Å²) in [7, 11) is 0. The zero-order chi connectivity index (χ0) is 8.39. The summed E-state index contributed by atoms with van der Waals surface area (Å²) in [5.74, 6) is 0.868. The van der Waals surface area contributed by atoms with Crippen LogP contribution in [0.25, 0.3) is 0 Å². The summed E-state index contributed by atoms with van der Waals surface area (Å²) in [6.45, 7) is 1.96. The first-order valence-corrected chi connectivity index (χ1v) is 3.88. The predicted octanol–water partition coefficient (Wildman–Crippen LogP) is 0.189. The van der Waals surface area contributed by atoms with Crippen LogP contribution in [0.15, 0.2) is 12.3 Å². The number of amides is 1. The Morgan fingerprint density at radius 3 is 2.79 bits per heavy atom. The van der Waals surface area contributed by atoms with Crippen molar-refractivity contribution in [3.63, 3.8) is 0 Å². The Morgan fingerprint density at radius 2 is 2.21 bits per heavy atom. The summed E-state index contributed by atoms with van der Waals surface area (Å²) in [4.78, 5) is 13.0. The number of hydrogen-bond donors (Lipinski definition) is 2. The standard InChI is InChI=1S/C7H10N4O.2ClH/c12-7-5-8-3-4-11(7)6-1-2-9-10-6;;/h1-2,8H,3-5H2,(H,9,10);2*1H. The van der Waals surface area contributed by atoms with Crippen LogP contribution in [0, 0.1) is 0 Å². The van der Waals surface area contributed by atoms with Crippen molar-refractivity contribution in [2.75, 3.05) is 24.5 Å². The topological polar surface area (TPSA) is 61.0 Å². The van der Waals surface area contributed by atoms with Crippen molar-refractivity contribution in [3.8, 4) is 0 Å². The molecule has 14 heavy (non-hydrogen) atoms. The van der Waals surface area contributed by atoms with Crippen molar-refractivity contribution < 1.29 is 4.79 Å². The van der Waals surface area contributed by atoms with E-state index in [0.29, 0.717) is 13.1 Å². The minimum atomic E-state index is 0. The summed E-state index contributed by atoms with van der Waals surface area (Å²) in [6, 6.07) is 1.79. The summed E-state index contributed by atoms with van der Waals surface area (Å²) in [6.07, 6.45) is 1.64. The van der Waals surface area contributed by atoms with Crippen LogP contribution in [0.4, 0.5) is 5.82 Å². The first-order chi connectivity index (χ1) is 5.88. The lowest BCUT2D eigenvalue weighted by Crippen LogP contribution is -2.48. The molecule has 0 unspecified atom stereocenters. The quantitative estimate of drug-likeness (QED) is 0.735. The van der Waals surface area contributed by atoms with Gasteiger partial charge in [0.2, 0.25) is 5.91 Å². The molecule has 80 valence electrons. The van der Waals surface area contributed by atoms with Crippen LogP contribution in [0.2, 0.25) is 0 Å². The number of aromatic amines is 1. The zero-order valence-electron chi connectivity index (χ0n) is 7.40. The van der Waals surface area contributed by atoms with E-state index in [2.05, 4.69) is 15.5 Å². The molecule has 1 aliphatic rings. The Morgan fingerprint density at radius 1 is 1.43 bits per heavy atom. The van der Waals surface area contributed by atoms with Gasteiger partial charge in [0.15, 0.2) is 0 Å². The number of halogens is 2. The van der Waals surface area contributed by atoms with E-state index in [4.69, 9.17) is 0 Å². The van der Waals surface area contributed by atoms with Gasteiger partial charge < -0.3 is 5.32 Å². The van der Waals surface area contributed by atoms with E-state index in [0.717, 1.165) is 12.4 Å². The van der Waals surface area contributed by atoms with Gasteiger partial charge in [-0.1, -0.05) is 0 Å². The van der Waals surface area contributed by atoms with Crippen molar-refractivity contribution in [2.45, 2.75) is 0 Å². The van der Waals surface area contributed by atoms with Gasteiger partial charge >= 0.3 is 0 Å². The van der Waals surface area contributed by atoms with Gasteiger partial charge in [0, 0.05) is 19.2 Å². The zero-order valence-corrected chi connectivity index (χ0v) is 9.03. The number of rotatable bonds is 1. The number of nitrogens with zero attached hydrogens (tertiary/aromatic N) is 2. The summed E-state index contributed by atoms with van der Waals surface area (Å²) >= 11 is 0. The molecule has 0 atom stereocenters. The van der Waals surface area contributed by atoms with Crippen LogP contribution in [-0.2, 0) is 4.79 Å². The van der Waals surface area contributed by atoms with Crippen LogP contribution in [0.5, 0.6) is 0 Å². The molecule has 2 rings (SSSR count). The summed E-state index contributed by atoms with van der Waals surface area (Å²) < 4.78 is 0. The molecule has 2 heterocycles. The summed E-state index contributed by atoms with van der Waals surface area (Å²) in [5.41, 5.74) is 0. The number of aromatic nitrogens is 2. The molecule has 0 radical (unpaired) electrons. The van der Waals surface area contributed by atoms with Crippen molar-refractivity contribution in [1.29, 1.82) is 0 Å². The Labute approximate surface area is 94.1 Å². The number of carbonyl (C=O) groups is 1. The number of nitrogens with one attached hydrogen (secondary N) is 2. The number of piperazine rings is 1. The molecule has 5 nitrogen and oxygen atoms in total. The Kier molecular flexibility index (Phi) is 5.52. The highest BCUT2D eigenvalue weighted by atomic mass is 35.5. The third kappa shape index (κ3) is 2.60. The second-order valence-corrected chi connectivity index (χ2v) is 2.66. The molecule has 1 aliphatic heterocycles. The molecule has 1 aromatic heterocycles. The van der Waals surface area contributed by atoms with Gasteiger partial charge in [0.05, 0.1) is 12.7 Å². The SMILES string of the molecule is Cl.Cl.O=C1CNCCN1c1ccn[nH]1. The van der Waals surface area contributed by atoms with E-state index in [1.807, 2.05) is 0 Å². The first kappa shape index (κ1) is 13.2. The fraction of sp³-hybridized carbons (Fsp3) is 0.429. The van der Waals surface area contributed by atoms with Crippen LogP contribution in [0.1, 0.15) is 0 Å². The lowest BCUT2D eigenvalue weighted by molar-refractivity contribution is -0.118. The number of anilines is 1. The maximum absolute atomic E-state index is 11.3. The van der Waals surface area contributed by atoms with Crippen LogP contribution in [-0.4, -0.2) is 35.7 Å². The largest absolute Gasteiger partial charge is 0.307 e. The van der Waals surface area contributed by atoms with Gasteiger partial charge in [-0.3, -0.25) is 14.8 Å². The maximum atomic E-state index is 11.3. The molecular formula is C7H12Cl2N4O. The fourth-order valence-corrected chi connectivity index (χ4v) is 1.26. The Balaban J connectivity index is 0.000000845. The van der Waals surface area contributed by atoms with Crippen LogP contribution < -0.4 is 10.2 Å². The van der Waals surface area contributed by atoms with Crippen LogP contribution in [0.3, 0.4) is 0 Å². The highest BCUT2D eigenvalue weighted by Gasteiger charge is 2.19. The highest BCUT2D eigenvalue weighted by Crippen LogP contribution is 2.09. The molecule has 1 amide bonds. The average molecular weight is 239 g/mol. The average Bonchev–Trinajstić information content (AvgIpc) is 2.57. The smallest absolute Gasteiger partial charge is 0.242 e. The van der Waals surface area contributed by atoms with Gasteiger partial charge in [0.1, 0.15) is 5.82 Å². The number of hydrogen-bond acceptors (Lipinski definition) is 3. The molecule has 0 saturated carbocycles. The van der Waals surface area contributed by atoms with Gasteiger partial charge in [0.25, 0.3) is 0 Å². The minimum absolute atomic E-state index is 0. The fourth-order valence-electron chi connectivity index (χ4n) is 1.26. The van der Waals surface area contributed by atoms with Gasteiger partial charge in [-0.05, 0) is 0 Å². The third-order valence-corrected chi connectivity index (χ3v) is 1.87. The van der Waals surface area contributed by atoms with E-state index in [-0.39, 0.29) is 30.7 Å². The third-order valence-electron chi connectivity index (χ3n) is 1.87. The van der Waals surface area contributed by atoms with Gasteiger partial charge in [-0.25, -0.2) is 0 Å². The molecule has 1 fully saturated rings. The molecule has 0 bridgehead atoms. The second-order valence-electron chi connectivity index (χ2n) is 2.66. The van der Waals surface area contributed by atoms with Crippen molar-refractivity contribution in [3.05, 3.63) is 12.3 Å². The van der Waals surface area contributed by atoms with Gasteiger partial charge in [-0.15, -0.1) is 24.8 Å². The number of carbonyl (C=O) groups excluding carboxylic acids is 1. The van der Waals surface area contributed by atoms with Crippen molar-refractivity contribution >= 4 is 36.5 Å². The minimum Gasteiger partial charge on any atom is -0.307 e. The first-order valence-electron chi connectivity index (χ1n) is 3.88. The molecule has 7 heteroatoms. The Hall–Kier alpha value is -0.780. The van der Waals surface area contributed by atoms with E-state index < -0.39 is 0 Å². The maximum Gasteiger partial charge on any atom is 0.242 e. The summed E-state index contributed by atoms with van der Waals surface area (Å²) in [5, 5.41) is 9.56. The number of H-pyrrole nitrogens is 1. The Bertz CT molecular complexity index is 277. The molecule has 2 N–H and O–H groups in total. The van der Waals surface area contributed by atoms with E-state index in [1.54, 1.807) is 17.2 Å². The van der Waals surface area contributed by atoms with Crippen molar-refractivity contribution in [2.24, 2.45) is 0 Å². The molecule has 1 saturated heterocycles. The molecule has 0 aliphatic carbocycles. The lowest BCUT2D eigenvalue weighted by Gasteiger charge is -2.25. The van der Waals surface area contributed by atoms with E-state index in [9.17, 15) is 4.79 Å². The molecule has 0 aromatic carbocycles. The predicted molar refractivity (Wildman–Crippen MR) is 58.3 cm³/mol. The monoisotopic (exact) mass is 238 g/mol. The van der Waals surface area contributed by atoms with Crippen LogP contribution >= 0.6 is 24.8 Å². The van der Waals surface area contributed by atoms with Gasteiger partial charge in [-0.2, -0.15) is 5.10 Å². The lowest BCUT2D eigenvalue weighted by atomic mass is 10.3. The molecular weight excluding hydrogens is 227 g/mol. The van der Waals surface area contributed by atoms with E-state index >= 15 is 0 Å². The molecule has 1 aromatic rings. The second kappa shape index (κ2) is 5.85. The van der Waals surface area contributed by atoms with Crippen molar-refractivity contribution in [1.82, 2.24) is 15.5 Å². The molecule has 0 spiro atoms. The highest BCUT2D eigenvalue weighted by molar-refractivity contribution is 5.94. The normalized spacial score (nSPS) is 15.7.